The maximum atomic E-state index is 12.0. The lowest BCUT2D eigenvalue weighted by Gasteiger charge is -2.20. The SMILES string of the molecule is Cc1ccc2c(CNc3cc4c(cc3Cl)NC(=O)CO4)cc(=O)oc2c1C. The predicted octanol–water partition coefficient (Wildman–Crippen LogP) is 4.01. The van der Waals surface area contributed by atoms with Crippen LogP contribution in [0.1, 0.15) is 16.7 Å². The van der Waals surface area contributed by atoms with E-state index in [0.29, 0.717) is 34.3 Å². The highest BCUT2D eigenvalue weighted by Crippen LogP contribution is 2.36. The Bertz CT molecular complexity index is 1140. The Morgan fingerprint density at radius 2 is 2.00 bits per heavy atom. The monoisotopic (exact) mass is 384 g/mol. The quantitative estimate of drug-likeness (QED) is 0.667. The molecule has 3 aromatic rings. The van der Waals surface area contributed by atoms with Crippen LogP contribution < -0.4 is 21.0 Å². The number of hydrogen-bond donors (Lipinski definition) is 2. The van der Waals surface area contributed by atoms with Crippen molar-refractivity contribution in [3.63, 3.8) is 0 Å². The molecule has 0 bridgehead atoms. The van der Waals surface area contributed by atoms with Crippen LogP contribution in [-0.4, -0.2) is 12.5 Å². The summed E-state index contributed by atoms with van der Waals surface area (Å²) in [6.07, 6.45) is 0. The number of fused-ring (bicyclic) bond motifs is 2. The molecular formula is C20H17ClN2O4. The van der Waals surface area contributed by atoms with Crippen LogP contribution in [0.2, 0.25) is 5.02 Å². The standard InChI is InChI=1S/C20H17ClN2O4/c1-10-3-4-13-12(5-19(25)27-20(13)11(10)2)8-22-15-7-17-16(6-14(15)21)23-18(24)9-26-17/h3-7,22H,8-9H2,1-2H3,(H,23,24). The zero-order valence-electron chi connectivity index (χ0n) is 14.8. The minimum Gasteiger partial charge on any atom is -0.482 e. The molecular weight excluding hydrogens is 368 g/mol. The van der Waals surface area contributed by atoms with Gasteiger partial charge in [0, 0.05) is 24.1 Å². The number of benzene rings is 2. The number of amides is 1. The molecule has 6 nitrogen and oxygen atoms in total. The van der Waals surface area contributed by atoms with E-state index in [9.17, 15) is 9.59 Å². The number of halogens is 1. The largest absolute Gasteiger partial charge is 0.482 e. The van der Waals surface area contributed by atoms with E-state index in [1.165, 1.54) is 6.07 Å². The first-order chi connectivity index (χ1) is 12.9. The summed E-state index contributed by atoms with van der Waals surface area (Å²) in [5.41, 5.74) is 4.22. The number of hydrogen-bond acceptors (Lipinski definition) is 5. The molecule has 2 heterocycles. The predicted molar refractivity (Wildman–Crippen MR) is 105 cm³/mol. The van der Waals surface area contributed by atoms with Crippen molar-refractivity contribution < 1.29 is 13.9 Å². The summed E-state index contributed by atoms with van der Waals surface area (Å²) in [6, 6.07) is 8.81. The lowest BCUT2D eigenvalue weighted by Crippen LogP contribution is -2.25. The van der Waals surface area contributed by atoms with Crippen molar-refractivity contribution in [2.75, 3.05) is 17.2 Å². The fraction of sp³-hybridized carbons (Fsp3) is 0.200. The van der Waals surface area contributed by atoms with E-state index in [1.54, 1.807) is 12.1 Å². The van der Waals surface area contributed by atoms with Gasteiger partial charge >= 0.3 is 5.63 Å². The molecule has 1 aromatic heterocycles. The number of carbonyl (C=O) groups is 1. The third-order valence-electron chi connectivity index (χ3n) is 4.69. The van der Waals surface area contributed by atoms with Gasteiger partial charge in [-0.2, -0.15) is 0 Å². The van der Waals surface area contributed by atoms with Gasteiger partial charge in [0.1, 0.15) is 11.3 Å². The van der Waals surface area contributed by atoms with Gasteiger partial charge < -0.3 is 19.8 Å². The Morgan fingerprint density at radius 1 is 1.19 bits per heavy atom. The topological polar surface area (TPSA) is 80.6 Å². The van der Waals surface area contributed by atoms with Crippen LogP contribution in [-0.2, 0) is 11.3 Å². The van der Waals surface area contributed by atoms with Crippen molar-refractivity contribution in [1.82, 2.24) is 0 Å². The number of ether oxygens (including phenoxy) is 1. The second-order valence-corrected chi connectivity index (χ2v) is 6.90. The molecule has 0 saturated heterocycles. The van der Waals surface area contributed by atoms with Crippen molar-refractivity contribution in [2.24, 2.45) is 0 Å². The molecule has 1 amide bonds. The number of nitrogens with one attached hydrogen (secondary N) is 2. The second-order valence-electron chi connectivity index (χ2n) is 6.49. The molecule has 0 saturated carbocycles. The van der Waals surface area contributed by atoms with E-state index in [-0.39, 0.29) is 12.5 Å². The Kier molecular flexibility index (Phi) is 4.28. The van der Waals surface area contributed by atoms with Crippen LogP contribution in [0.3, 0.4) is 0 Å². The maximum Gasteiger partial charge on any atom is 0.336 e. The molecule has 1 aliphatic rings. The molecule has 1 aliphatic heterocycles. The zero-order chi connectivity index (χ0) is 19.1. The highest BCUT2D eigenvalue weighted by atomic mass is 35.5. The van der Waals surface area contributed by atoms with E-state index in [2.05, 4.69) is 10.6 Å². The normalized spacial score (nSPS) is 13.1. The molecule has 2 N–H and O–H groups in total. The van der Waals surface area contributed by atoms with E-state index in [1.807, 2.05) is 26.0 Å². The first-order valence-corrected chi connectivity index (χ1v) is 8.83. The molecule has 0 atom stereocenters. The highest BCUT2D eigenvalue weighted by Gasteiger charge is 2.18. The van der Waals surface area contributed by atoms with Crippen LogP contribution in [0.4, 0.5) is 11.4 Å². The second kappa shape index (κ2) is 6.63. The Labute approximate surface area is 160 Å². The van der Waals surface area contributed by atoms with Gasteiger partial charge in [0.05, 0.1) is 16.4 Å². The molecule has 2 aromatic carbocycles. The summed E-state index contributed by atoms with van der Waals surface area (Å²) >= 11 is 6.32. The molecule has 138 valence electrons. The summed E-state index contributed by atoms with van der Waals surface area (Å²) in [6.45, 7) is 4.27. The fourth-order valence-electron chi connectivity index (χ4n) is 3.10. The fourth-order valence-corrected chi connectivity index (χ4v) is 3.33. The van der Waals surface area contributed by atoms with Crippen molar-refractivity contribution in [3.8, 4) is 5.75 Å². The van der Waals surface area contributed by atoms with Gasteiger partial charge in [-0.15, -0.1) is 0 Å². The van der Waals surface area contributed by atoms with E-state index >= 15 is 0 Å². The molecule has 7 heteroatoms. The Morgan fingerprint density at radius 3 is 2.81 bits per heavy atom. The van der Waals surface area contributed by atoms with Gasteiger partial charge in [0.25, 0.3) is 5.91 Å². The number of anilines is 2. The molecule has 0 radical (unpaired) electrons. The van der Waals surface area contributed by atoms with Gasteiger partial charge in [0.15, 0.2) is 6.61 Å². The van der Waals surface area contributed by atoms with E-state index < -0.39 is 5.63 Å². The van der Waals surface area contributed by atoms with Crippen molar-refractivity contribution in [3.05, 3.63) is 62.5 Å². The lowest BCUT2D eigenvalue weighted by atomic mass is 10.0. The summed E-state index contributed by atoms with van der Waals surface area (Å²) in [4.78, 5) is 23.4. The van der Waals surface area contributed by atoms with Gasteiger partial charge in [-0.1, -0.05) is 23.7 Å². The third-order valence-corrected chi connectivity index (χ3v) is 5.00. The van der Waals surface area contributed by atoms with Crippen LogP contribution in [0.5, 0.6) is 5.75 Å². The minimum atomic E-state index is -0.393. The van der Waals surface area contributed by atoms with Crippen LogP contribution in [0.15, 0.2) is 39.5 Å². The first-order valence-electron chi connectivity index (χ1n) is 8.45. The first kappa shape index (κ1) is 17.4. The maximum absolute atomic E-state index is 12.0. The van der Waals surface area contributed by atoms with Crippen LogP contribution in [0, 0.1) is 13.8 Å². The highest BCUT2D eigenvalue weighted by molar-refractivity contribution is 6.33. The minimum absolute atomic E-state index is 0.0307. The summed E-state index contributed by atoms with van der Waals surface area (Å²) in [7, 11) is 0. The smallest absolute Gasteiger partial charge is 0.336 e. The Hall–Kier alpha value is -2.99. The van der Waals surface area contributed by atoms with Gasteiger partial charge in [-0.05, 0) is 36.6 Å². The van der Waals surface area contributed by atoms with Crippen molar-refractivity contribution >= 4 is 39.9 Å². The summed E-state index contributed by atoms with van der Waals surface area (Å²) in [5, 5.41) is 7.27. The van der Waals surface area contributed by atoms with Crippen molar-refractivity contribution in [1.29, 1.82) is 0 Å². The van der Waals surface area contributed by atoms with Gasteiger partial charge in [-0.25, -0.2) is 4.79 Å². The lowest BCUT2D eigenvalue weighted by molar-refractivity contribution is -0.118. The Balaban J connectivity index is 1.67. The van der Waals surface area contributed by atoms with Gasteiger partial charge in [-0.3, -0.25) is 4.79 Å². The molecule has 0 fully saturated rings. The molecule has 4 rings (SSSR count). The molecule has 0 spiro atoms. The van der Waals surface area contributed by atoms with Gasteiger partial charge in [0.2, 0.25) is 0 Å². The van der Waals surface area contributed by atoms with E-state index in [0.717, 1.165) is 22.1 Å². The average molecular weight is 385 g/mol. The number of rotatable bonds is 3. The number of aryl methyl sites for hydroxylation is 2. The van der Waals surface area contributed by atoms with E-state index in [4.69, 9.17) is 20.8 Å². The van der Waals surface area contributed by atoms with Crippen LogP contribution in [0.25, 0.3) is 11.0 Å². The zero-order valence-corrected chi connectivity index (χ0v) is 15.6. The average Bonchev–Trinajstić information content (AvgIpc) is 2.63. The molecule has 0 aliphatic carbocycles. The summed E-state index contributed by atoms with van der Waals surface area (Å²) in [5.74, 6) is 0.331. The van der Waals surface area contributed by atoms with Crippen LogP contribution >= 0.6 is 11.6 Å². The number of carbonyl (C=O) groups excluding carboxylic acids is 1. The summed E-state index contributed by atoms with van der Waals surface area (Å²) < 4.78 is 10.8. The third kappa shape index (κ3) is 3.24. The molecule has 0 unspecified atom stereocenters. The van der Waals surface area contributed by atoms with Crippen molar-refractivity contribution in [2.45, 2.75) is 20.4 Å². The molecule has 27 heavy (non-hydrogen) atoms.